The minimum Gasteiger partial charge on any atom is -0.382 e. The van der Waals surface area contributed by atoms with Gasteiger partial charge in [0.1, 0.15) is 12.1 Å². The predicted octanol–water partition coefficient (Wildman–Crippen LogP) is 4.28. The molecular formula is C21H16ClN7OS. The first-order chi connectivity index (χ1) is 15.0. The predicted molar refractivity (Wildman–Crippen MR) is 123 cm³/mol. The van der Waals surface area contributed by atoms with Gasteiger partial charge in [-0.3, -0.25) is 14.5 Å². The van der Waals surface area contributed by atoms with E-state index >= 15 is 0 Å². The monoisotopic (exact) mass is 449 g/mol. The lowest BCUT2D eigenvalue weighted by Crippen LogP contribution is -2.12. The number of pyridine rings is 1. The Morgan fingerprint density at radius 1 is 1.23 bits per heavy atom. The van der Waals surface area contributed by atoms with Gasteiger partial charge < -0.3 is 11.1 Å². The van der Waals surface area contributed by atoms with E-state index < -0.39 is 0 Å². The van der Waals surface area contributed by atoms with Crippen LogP contribution in [0.1, 0.15) is 21.7 Å². The summed E-state index contributed by atoms with van der Waals surface area (Å²) in [4.78, 5) is 25.7. The Hall–Kier alpha value is -3.56. The van der Waals surface area contributed by atoms with Crippen molar-refractivity contribution in [3.63, 3.8) is 0 Å². The number of benzene rings is 1. The number of aromatic nitrogens is 5. The zero-order chi connectivity index (χ0) is 21.5. The van der Waals surface area contributed by atoms with E-state index in [1.807, 2.05) is 37.3 Å². The highest BCUT2D eigenvalue weighted by Crippen LogP contribution is 2.32. The summed E-state index contributed by atoms with van der Waals surface area (Å²) in [7, 11) is 0. The van der Waals surface area contributed by atoms with Gasteiger partial charge in [0.2, 0.25) is 0 Å². The SMILES string of the molecule is Cc1cccc(Cn2nc(Cl)c3c(NC(=O)c4csc5c(N)ncnc45)cccc32)n1. The van der Waals surface area contributed by atoms with E-state index in [0.717, 1.165) is 16.9 Å². The molecule has 1 amide bonds. The molecule has 10 heteroatoms. The minimum absolute atomic E-state index is 0.305. The summed E-state index contributed by atoms with van der Waals surface area (Å²) in [5.74, 6) is 0.0475. The molecule has 0 spiro atoms. The Balaban J connectivity index is 1.51. The van der Waals surface area contributed by atoms with Gasteiger partial charge in [0.15, 0.2) is 5.15 Å². The number of nitrogens with zero attached hydrogens (tertiary/aromatic N) is 5. The van der Waals surface area contributed by atoms with Gasteiger partial charge in [-0.05, 0) is 31.2 Å². The number of hydrogen-bond donors (Lipinski definition) is 2. The molecule has 4 heterocycles. The summed E-state index contributed by atoms with van der Waals surface area (Å²) in [6.45, 7) is 2.41. The van der Waals surface area contributed by atoms with Crippen molar-refractivity contribution in [3.8, 4) is 0 Å². The standard InChI is InChI=1S/C21H16ClN7OS/c1-11-4-2-5-12(26-11)8-29-15-7-3-6-14(16(15)19(22)28-29)27-21(30)13-9-31-18-17(13)24-10-25-20(18)23/h2-7,9-10H,8H2,1H3,(H,27,30)(H2,23,24,25). The van der Waals surface area contributed by atoms with Crippen LogP contribution >= 0.6 is 22.9 Å². The molecule has 0 saturated carbocycles. The molecule has 154 valence electrons. The molecule has 1 aromatic carbocycles. The number of halogens is 1. The number of nitrogens with two attached hydrogens (primary N) is 1. The van der Waals surface area contributed by atoms with Crippen molar-refractivity contribution in [2.24, 2.45) is 0 Å². The molecule has 0 saturated heterocycles. The molecule has 4 aromatic heterocycles. The topological polar surface area (TPSA) is 112 Å². The number of rotatable bonds is 4. The first-order valence-corrected chi connectivity index (χ1v) is 10.6. The lowest BCUT2D eigenvalue weighted by atomic mass is 10.2. The van der Waals surface area contributed by atoms with Crippen molar-refractivity contribution >= 4 is 61.5 Å². The van der Waals surface area contributed by atoms with Crippen LogP contribution in [0.4, 0.5) is 11.5 Å². The second kappa shape index (κ2) is 7.60. The van der Waals surface area contributed by atoms with Gasteiger partial charge in [-0.15, -0.1) is 11.3 Å². The average Bonchev–Trinajstić information content (AvgIpc) is 3.31. The van der Waals surface area contributed by atoms with Crippen LogP contribution in [0.15, 0.2) is 48.1 Å². The summed E-state index contributed by atoms with van der Waals surface area (Å²) in [5.41, 5.74) is 10.0. The Morgan fingerprint density at radius 3 is 2.90 bits per heavy atom. The second-order valence-corrected chi connectivity index (χ2v) is 8.20. The molecule has 0 atom stereocenters. The first kappa shape index (κ1) is 19.4. The van der Waals surface area contributed by atoms with Crippen molar-refractivity contribution in [2.45, 2.75) is 13.5 Å². The van der Waals surface area contributed by atoms with Gasteiger partial charge in [0.05, 0.1) is 44.6 Å². The number of hydrogen-bond acceptors (Lipinski definition) is 7. The van der Waals surface area contributed by atoms with Crippen LogP contribution in [0.5, 0.6) is 0 Å². The molecule has 0 fully saturated rings. The van der Waals surface area contributed by atoms with Gasteiger partial charge in [-0.2, -0.15) is 5.10 Å². The van der Waals surface area contributed by atoms with E-state index in [2.05, 4.69) is 25.4 Å². The van der Waals surface area contributed by atoms with Crippen LogP contribution in [0.25, 0.3) is 21.1 Å². The Kier molecular flexibility index (Phi) is 4.76. The van der Waals surface area contributed by atoms with Gasteiger partial charge in [-0.1, -0.05) is 23.7 Å². The summed E-state index contributed by atoms with van der Waals surface area (Å²) < 4.78 is 2.46. The van der Waals surface area contributed by atoms with Crippen LogP contribution in [-0.2, 0) is 6.54 Å². The van der Waals surface area contributed by atoms with Crippen molar-refractivity contribution in [1.82, 2.24) is 24.7 Å². The van der Waals surface area contributed by atoms with Crippen LogP contribution in [-0.4, -0.2) is 30.6 Å². The van der Waals surface area contributed by atoms with E-state index in [-0.39, 0.29) is 5.91 Å². The van der Waals surface area contributed by atoms with Crippen molar-refractivity contribution < 1.29 is 4.79 Å². The number of amides is 1. The minimum atomic E-state index is -0.305. The summed E-state index contributed by atoms with van der Waals surface area (Å²) >= 11 is 7.80. The van der Waals surface area contributed by atoms with E-state index in [1.165, 1.54) is 17.7 Å². The molecule has 0 aliphatic heterocycles. The number of carbonyl (C=O) groups excluding carboxylic acids is 1. The molecule has 0 aliphatic rings. The van der Waals surface area contributed by atoms with E-state index in [4.69, 9.17) is 17.3 Å². The highest BCUT2D eigenvalue weighted by Gasteiger charge is 2.19. The number of fused-ring (bicyclic) bond motifs is 2. The first-order valence-electron chi connectivity index (χ1n) is 9.38. The number of carbonyl (C=O) groups is 1. The molecule has 0 bridgehead atoms. The third-order valence-electron chi connectivity index (χ3n) is 4.87. The maximum absolute atomic E-state index is 13.0. The second-order valence-electron chi connectivity index (χ2n) is 6.96. The molecule has 5 aromatic rings. The third-order valence-corrected chi connectivity index (χ3v) is 6.12. The Bertz CT molecular complexity index is 1460. The van der Waals surface area contributed by atoms with Crippen LogP contribution < -0.4 is 11.1 Å². The molecular weight excluding hydrogens is 434 g/mol. The normalized spacial score (nSPS) is 11.3. The Morgan fingerprint density at radius 2 is 2.06 bits per heavy atom. The lowest BCUT2D eigenvalue weighted by Gasteiger charge is -2.07. The highest BCUT2D eigenvalue weighted by atomic mass is 35.5. The van der Waals surface area contributed by atoms with Gasteiger partial charge in [0, 0.05) is 11.1 Å². The third kappa shape index (κ3) is 3.47. The quantitative estimate of drug-likeness (QED) is 0.423. The lowest BCUT2D eigenvalue weighted by molar-refractivity contribution is 0.102. The number of anilines is 2. The highest BCUT2D eigenvalue weighted by molar-refractivity contribution is 7.18. The van der Waals surface area contributed by atoms with Crippen LogP contribution in [0.2, 0.25) is 5.15 Å². The number of aryl methyl sites for hydroxylation is 1. The maximum Gasteiger partial charge on any atom is 0.258 e. The summed E-state index contributed by atoms with van der Waals surface area (Å²) in [6, 6.07) is 11.4. The number of nitrogen functional groups attached to an aromatic ring is 1. The van der Waals surface area contributed by atoms with Crippen LogP contribution in [0, 0.1) is 6.92 Å². The average molecular weight is 450 g/mol. The van der Waals surface area contributed by atoms with Crippen molar-refractivity contribution in [1.29, 1.82) is 0 Å². The smallest absolute Gasteiger partial charge is 0.258 e. The zero-order valence-corrected chi connectivity index (χ0v) is 17.9. The molecule has 8 nitrogen and oxygen atoms in total. The Labute approximate surface area is 185 Å². The molecule has 31 heavy (non-hydrogen) atoms. The zero-order valence-electron chi connectivity index (χ0n) is 16.3. The summed E-state index contributed by atoms with van der Waals surface area (Å²) in [6.07, 6.45) is 1.35. The van der Waals surface area contributed by atoms with Gasteiger partial charge in [0.25, 0.3) is 5.91 Å². The largest absolute Gasteiger partial charge is 0.382 e. The van der Waals surface area contributed by atoms with Gasteiger partial charge in [-0.25, -0.2) is 9.97 Å². The van der Waals surface area contributed by atoms with E-state index in [1.54, 1.807) is 16.1 Å². The maximum atomic E-state index is 13.0. The molecule has 3 N–H and O–H groups in total. The van der Waals surface area contributed by atoms with Crippen LogP contribution in [0.3, 0.4) is 0 Å². The molecule has 0 radical (unpaired) electrons. The summed E-state index contributed by atoms with van der Waals surface area (Å²) in [5, 5.41) is 10.1. The molecule has 0 unspecified atom stereocenters. The van der Waals surface area contributed by atoms with Crippen molar-refractivity contribution in [2.75, 3.05) is 11.1 Å². The fraction of sp³-hybridized carbons (Fsp3) is 0.0952. The van der Waals surface area contributed by atoms with E-state index in [9.17, 15) is 4.79 Å². The number of nitrogens with one attached hydrogen (secondary N) is 1. The number of thiophene rings is 1. The fourth-order valence-corrected chi connectivity index (χ4v) is 4.66. The molecule has 0 aliphatic carbocycles. The molecule has 5 rings (SSSR count). The fourth-order valence-electron chi connectivity index (χ4n) is 3.47. The van der Waals surface area contributed by atoms with Gasteiger partial charge >= 0.3 is 0 Å². The van der Waals surface area contributed by atoms with E-state index in [0.29, 0.717) is 44.4 Å². The van der Waals surface area contributed by atoms with Crippen molar-refractivity contribution in [3.05, 3.63) is 70.2 Å².